The molecule has 0 fully saturated rings. The molecule has 7 nitrogen and oxygen atoms in total. The van der Waals surface area contributed by atoms with E-state index in [0.29, 0.717) is 0 Å². The Labute approximate surface area is 87.9 Å². The Bertz CT molecular complexity index is 138. The second-order valence-corrected chi connectivity index (χ2v) is 2.37. The summed E-state index contributed by atoms with van der Waals surface area (Å²) >= 11 is 0. The van der Waals surface area contributed by atoms with Gasteiger partial charge in [0, 0.05) is 13.8 Å². The molecule has 7 heteroatoms. The molecule has 0 aromatic rings. The Morgan fingerprint density at radius 3 is 1.07 bits per heavy atom. The van der Waals surface area contributed by atoms with E-state index in [4.69, 9.17) is 30.0 Å². The number of carboxylic acid groups (broad SMARTS) is 2. The van der Waals surface area contributed by atoms with Crippen LogP contribution in [0.25, 0.3) is 0 Å². The van der Waals surface area contributed by atoms with Gasteiger partial charge in [0.25, 0.3) is 11.9 Å². The van der Waals surface area contributed by atoms with Gasteiger partial charge in [0.2, 0.25) is 0 Å². The van der Waals surface area contributed by atoms with E-state index in [1.165, 1.54) is 13.8 Å². The lowest BCUT2D eigenvalue weighted by Crippen LogP contribution is -2.14. The fraction of sp³-hybridized carbons (Fsp3) is 0.750. The lowest BCUT2D eigenvalue weighted by Gasteiger charge is -2.07. The summed E-state index contributed by atoms with van der Waals surface area (Å²) in [5.41, 5.74) is 0. The van der Waals surface area contributed by atoms with Crippen LogP contribution in [0.2, 0.25) is 0 Å². The minimum Gasteiger partial charge on any atom is -0.481 e. The standard InChI is InChI=1S/C4H10O3.2C2H4O2/c1-3(5)7-4(2)6;2*1-2(3)4/h3-6H,1-2H3;2*1H3,(H,3,4). The predicted octanol–water partition coefficient (Wildman–Crippen LogP) is -0.139. The third-order valence-electron chi connectivity index (χ3n) is 0.394. The first kappa shape index (κ1) is 19.4. The van der Waals surface area contributed by atoms with Gasteiger partial charge in [-0.2, -0.15) is 0 Å². The number of ether oxygens (including phenoxy) is 1. The average Bonchev–Trinajstić information content (AvgIpc) is 1.78. The predicted molar refractivity (Wildman–Crippen MR) is 51.1 cm³/mol. The molecule has 0 amide bonds. The number of aliphatic hydroxyl groups is 2. The summed E-state index contributed by atoms with van der Waals surface area (Å²) in [6, 6.07) is 0. The van der Waals surface area contributed by atoms with Crippen molar-refractivity contribution in [2.45, 2.75) is 40.3 Å². The zero-order chi connectivity index (χ0) is 13.0. The van der Waals surface area contributed by atoms with Crippen LogP contribution in [-0.2, 0) is 14.3 Å². The highest BCUT2D eigenvalue weighted by Gasteiger charge is 1.97. The van der Waals surface area contributed by atoms with Crippen molar-refractivity contribution in [3.63, 3.8) is 0 Å². The van der Waals surface area contributed by atoms with Crippen molar-refractivity contribution in [3.05, 3.63) is 0 Å². The van der Waals surface area contributed by atoms with E-state index in [0.717, 1.165) is 13.8 Å². The van der Waals surface area contributed by atoms with Gasteiger partial charge in [0.05, 0.1) is 0 Å². The van der Waals surface area contributed by atoms with E-state index in [1.807, 2.05) is 0 Å². The number of hydrogen-bond donors (Lipinski definition) is 4. The van der Waals surface area contributed by atoms with Crippen LogP contribution in [0.3, 0.4) is 0 Å². The van der Waals surface area contributed by atoms with Crippen molar-refractivity contribution in [2.24, 2.45) is 0 Å². The molecule has 0 aromatic carbocycles. The Hall–Kier alpha value is -1.18. The van der Waals surface area contributed by atoms with Crippen molar-refractivity contribution in [3.8, 4) is 0 Å². The van der Waals surface area contributed by atoms with E-state index in [-0.39, 0.29) is 0 Å². The van der Waals surface area contributed by atoms with Gasteiger partial charge in [-0.05, 0) is 13.8 Å². The van der Waals surface area contributed by atoms with Crippen molar-refractivity contribution >= 4 is 11.9 Å². The Balaban J connectivity index is -0.000000155. The van der Waals surface area contributed by atoms with Gasteiger partial charge in [-0.1, -0.05) is 0 Å². The molecular weight excluding hydrogens is 208 g/mol. The second-order valence-electron chi connectivity index (χ2n) is 2.37. The summed E-state index contributed by atoms with van der Waals surface area (Å²) in [6.45, 7) is 5.04. The van der Waals surface area contributed by atoms with Crippen molar-refractivity contribution in [1.82, 2.24) is 0 Å². The van der Waals surface area contributed by atoms with Crippen molar-refractivity contribution in [2.75, 3.05) is 0 Å². The fourth-order valence-electron chi connectivity index (χ4n) is 0.285. The summed E-state index contributed by atoms with van der Waals surface area (Å²) in [7, 11) is 0. The molecule has 0 bridgehead atoms. The zero-order valence-corrected chi connectivity index (χ0v) is 9.17. The Morgan fingerprint density at radius 1 is 0.933 bits per heavy atom. The number of rotatable bonds is 2. The summed E-state index contributed by atoms with van der Waals surface area (Å²) in [5.74, 6) is -1.67. The molecule has 0 aliphatic carbocycles. The fourth-order valence-corrected chi connectivity index (χ4v) is 0.285. The Kier molecular flexibility index (Phi) is 16.6. The van der Waals surface area contributed by atoms with Crippen LogP contribution in [-0.4, -0.2) is 44.9 Å². The summed E-state index contributed by atoms with van der Waals surface area (Å²) in [4.78, 5) is 18.0. The average molecular weight is 226 g/mol. The van der Waals surface area contributed by atoms with Gasteiger partial charge >= 0.3 is 0 Å². The number of aliphatic carboxylic acids is 2. The molecule has 15 heavy (non-hydrogen) atoms. The SMILES string of the molecule is CC(=O)O.CC(=O)O.CC(O)OC(C)O. The monoisotopic (exact) mass is 226 g/mol. The molecular formula is C8H18O7. The van der Waals surface area contributed by atoms with Gasteiger partial charge in [0.15, 0.2) is 12.6 Å². The lowest BCUT2D eigenvalue weighted by atomic mass is 10.7. The van der Waals surface area contributed by atoms with Crippen LogP contribution in [0.15, 0.2) is 0 Å². The first-order valence-corrected chi connectivity index (χ1v) is 4.00. The molecule has 0 radical (unpaired) electrons. The molecule has 4 N–H and O–H groups in total. The molecule has 0 aliphatic heterocycles. The molecule has 2 atom stereocenters. The summed E-state index contributed by atoms with van der Waals surface area (Å²) < 4.78 is 4.36. The quantitative estimate of drug-likeness (QED) is 0.483. The van der Waals surface area contributed by atoms with Crippen LogP contribution in [0, 0.1) is 0 Å². The second kappa shape index (κ2) is 12.8. The van der Waals surface area contributed by atoms with Gasteiger partial charge < -0.3 is 25.2 Å². The van der Waals surface area contributed by atoms with E-state index in [1.54, 1.807) is 0 Å². The number of aliphatic hydroxyl groups excluding tert-OH is 2. The smallest absolute Gasteiger partial charge is 0.300 e. The molecule has 0 rings (SSSR count). The van der Waals surface area contributed by atoms with Gasteiger partial charge in [-0.25, -0.2) is 0 Å². The molecule has 92 valence electrons. The highest BCUT2D eigenvalue weighted by molar-refractivity contribution is 5.63. The number of carboxylic acids is 2. The maximum Gasteiger partial charge on any atom is 0.300 e. The zero-order valence-electron chi connectivity index (χ0n) is 9.17. The van der Waals surface area contributed by atoms with Gasteiger partial charge in [0.1, 0.15) is 0 Å². The minimum atomic E-state index is -0.875. The molecule has 0 aliphatic rings. The van der Waals surface area contributed by atoms with Crippen molar-refractivity contribution in [1.29, 1.82) is 0 Å². The number of carbonyl (C=O) groups is 2. The summed E-state index contributed by atoms with van der Waals surface area (Å²) in [5, 5.41) is 31.5. The highest BCUT2D eigenvalue weighted by Crippen LogP contribution is 1.87. The summed E-state index contributed by atoms with van der Waals surface area (Å²) in [6.07, 6.45) is -1.75. The van der Waals surface area contributed by atoms with Crippen LogP contribution >= 0.6 is 0 Å². The maximum atomic E-state index is 9.00. The van der Waals surface area contributed by atoms with Gasteiger partial charge in [-0.3, -0.25) is 9.59 Å². The third-order valence-corrected chi connectivity index (χ3v) is 0.394. The topological polar surface area (TPSA) is 124 Å². The highest BCUT2D eigenvalue weighted by atomic mass is 16.7. The minimum absolute atomic E-state index is 0.833. The van der Waals surface area contributed by atoms with E-state index >= 15 is 0 Å². The first-order valence-electron chi connectivity index (χ1n) is 4.00. The van der Waals surface area contributed by atoms with Crippen molar-refractivity contribution < 1.29 is 34.8 Å². The number of hydrogen-bond acceptors (Lipinski definition) is 5. The van der Waals surface area contributed by atoms with E-state index in [2.05, 4.69) is 4.74 Å². The van der Waals surface area contributed by atoms with Gasteiger partial charge in [-0.15, -0.1) is 0 Å². The molecule has 2 unspecified atom stereocenters. The third kappa shape index (κ3) is 189. The molecule has 0 spiro atoms. The first-order chi connectivity index (χ1) is 6.59. The lowest BCUT2D eigenvalue weighted by molar-refractivity contribution is -0.190. The normalized spacial score (nSPS) is 12.1. The van der Waals surface area contributed by atoms with E-state index in [9.17, 15) is 0 Å². The van der Waals surface area contributed by atoms with Crippen LogP contribution in [0.5, 0.6) is 0 Å². The van der Waals surface area contributed by atoms with Crippen LogP contribution in [0.4, 0.5) is 0 Å². The molecule has 0 heterocycles. The molecule has 0 saturated carbocycles. The Morgan fingerprint density at radius 2 is 1.07 bits per heavy atom. The van der Waals surface area contributed by atoms with Crippen LogP contribution < -0.4 is 0 Å². The largest absolute Gasteiger partial charge is 0.481 e. The molecule has 0 saturated heterocycles. The van der Waals surface area contributed by atoms with E-state index < -0.39 is 24.5 Å². The molecule has 0 aromatic heterocycles. The van der Waals surface area contributed by atoms with Crippen LogP contribution in [0.1, 0.15) is 27.7 Å². The maximum absolute atomic E-state index is 9.00.